The maximum atomic E-state index is 12.8. The Morgan fingerprint density at radius 2 is 1.58 bits per heavy atom. The molecule has 0 aliphatic rings. The van der Waals surface area contributed by atoms with Crippen LogP contribution >= 0.6 is 0 Å². The molecule has 0 aliphatic carbocycles. The van der Waals surface area contributed by atoms with Gasteiger partial charge in [0.1, 0.15) is 0 Å². The van der Waals surface area contributed by atoms with Crippen molar-refractivity contribution >= 4 is 11.4 Å². The van der Waals surface area contributed by atoms with Crippen molar-refractivity contribution in [1.82, 2.24) is 0 Å². The summed E-state index contributed by atoms with van der Waals surface area (Å²) in [7, 11) is 0. The van der Waals surface area contributed by atoms with Crippen molar-refractivity contribution in [2.24, 2.45) is 0 Å². The minimum absolute atomic E-state index is 0.0733. The zero-order chi connectivity index (χ0) is 13.9. The highest BCUT2D eigenvalue weighted by atomic mass is 19.4. The van der Waals surface area contributed by atoms with Gasteiger partial charge >= 0.3 is 6.18 Å². The summed E-state index contributed by atoms with van der Waals surface area (Å²) in [6.07, 6.45) is -4.35. The zero-order valence-electron chi connectivity index (χ0n) is 10.0. The summed E-state index contributed by atoms with van der Waals surface area (Å²) < 4.78 is 38.4. The first-order valence-corrected chi connectivity index (χ1v) is 5.72. The third-order valence-electron chi connectivity index (χ3n) is 2.75. The molecule has 2 nitrogen and oxygen atoms in total. The maximum Gasteiger partial charge on any atom is 0.416 e. The molecule has 5 heteroatoms. The lowest BCUT2D eigenvalue weighted by molar-refractivity contribution is -0.138. The number of benzene rings is 2. The van der Waals surface area contributed by atoms with E-state index in [9.17, 15) is 13.2 Å². The van der Waals surface area contributed by atoms with E-state index >= 15 is 0 Å². The molecule has 0 saturated carbocycles. The van der Waals surface area contributed by atoms with Crippen LogP contribution in [0.1, 0.15) is 11.1 Å². The van der Waals surface area contributed by atoms with E-state index < -0.39 is 11.7 Å². The Kier molecular flexibility index (Phi) is 3.64. The SMILES string of the molecule is Nc1ccccc1NCc1ccccc1C(F)(F)F. The van der Waals surface area contributed by atoms with Crippen molar-refractivity contribution in [2.45, 2.75) is 12.7 Å². The number of rotatable bonds is 3. The zero-order valence-corrected chi connectivity index (χ0v) is 10.0. The number of alkyl halides is 3. The van der Waals surface area contributed by atoms with Crippen LogP contribution < -0.4 is 11.1 Å². The van der Waals surface area contributed by atoms with Crippen LogP contribution in [0.3, 0.4) is 0 Å². The van der Waals surface area contributed by atoms with E-state index in [2.05, 4.69) is 5.32 Å². The van der Waals surface area contributed by atoms with Crippen LogP contribution in [-0.2, 0) is 12.7 Å². The Morgan fingerprint density at radius 3 is 2.26 bits per heavy atom. The number of halogens is 3. The van der Waals surface area contributed by atoms with Crippen molar-refractivity contribution in [3.63, 3.8) is 0 Å². The van der Waals surface area contributed by atoms with Crippen molar-refractivity contribution in [3.05, 3.63) is 59.7 Å². The number of nitrogens with one attached hydrogen (secondary N) is 1. The van der Waals surface area contributed by atoms with Crippen LogP contribution in [0.2, 0.25) is 0 Å². The van der Waals surface area contributed by atoms with Crippen LogP contribution in [0.4, 0.5) is 24.5 Å². The summed E-state index contributed by atoms with van der Waals surface area (Å²) >= 11 is 0. The first-order valence-electron chi connectivity index (χ1n) is 5.72. The van der Waals surface area contributed by atoms with E-state index in [0.29, 0.717) is 11.4 Å². The van der Waals surface area contributed by atoms with Gasteiger partial charge in [0.05, 0.1) is 16.9 Å². The second-order valence-corrected chi connectivity index (χ2v) is 4.10. The molecule has 2 aromatic carbocycles. The van der Waals surface area contributed by atoms with Gasteiger partial charge in [-0.1, -0.05) is 30.3 Å². The third-order valence-corrected chi connectivity index (χ3v) is 2.75. The van der Waals surface area contributed by atoms with Gasteiger partial charge in [-0.3, -0.25) is 0 Å². The molecule has 0 heterocycles. The molecule has 2 rings (SSSR count). The van der Waals surface area contributed by atoms with Crippen LogP contribution in [0.25, 0.3) is 0 Å². The molecule has 0 fully saturated rings. The quantitative estimate of drug-likeness (QED) is 0.827. The molecule has 0 atom stereocenters. The molecule has 100 valence electrons. The lowest BCUT2D eigenvalue weighted by Gasteiger charge is -2.14. The van der Waals surface area contributed by atoms with Gasteiger partial charge in [-0.05, 0) is 23.8 Å². The van der Waals surface area contributed by atoms with E-state index in [4.69, 9.17) is 5.73 Å². The van der Waals surface area contributed by atoms with Crippen LogP contribution in [0.15, 0.2) is 48.5 Å². The molecule has 19 heavy (non-hydrogen) atoms. The highest BCUT2D eigenvalue weighted by Gasteiger charge is 2.32. The molecule has 2 aromatic rings. The largest absolute Gasteiger partial charge is 0.416 e. The van der Waals surface area contributed by atoms with Gasteiger partial charge in [0, 0.05) is 6.54 Å². The summed E-state index contributed by atoms with van der Waals surface area (Å²) in [5, 5.41) is 2.92. The molecule has 0 spiro atoms. The molecule has 0 aromatic heterocycles. The van der Waals surface area contributed by atoms with Gasteiger partial charge in [0.2, 0.25) is 0 Å². The van der Waals surface area contributed by atoms with Crippen molar-refractivity contribution in [3.8, 4) is 0 Å². The second-order valence-electron chi connectivity index (χ2n) is 4.10. The number of para-hydroxylation sites is 2. The third kappa shape index (κ3) is 3.19. The molecular formula is C14H13F3N2. The van der Waals surface area contributed by atoms with Gasteiger partial charge in [0.15, 0.2) is 0 Å². The summed E-state index contributed by atoms with van der Waals surface area (Å²) in [5.74, 6) is 0. The summed E-state index contributed by atoms with van der Waals surface area (Å²) in [6.45, 7) is 0.0733. The molecule has 0 saturated heterocycles. The van der Waals surface area contributed by atoms with Crippen LogP contribution in [0, 0.1) is 0 Å². The van der Waals surface area contributed by atoms with E-state index in [1.165, 1.54) is 12.1 Å². The molecule has 0 radical (unpaired) electrons. The first kappa shape index (κ1) is 13.3. The predicted molar refractivity (Wildman–Crippen MR) is 69.6 cm³/mol. The van der Waals surface area contributed by atoms with Crippen molar-refractivity contribution < 1.29 is 13.2 Å². The number of nitrogen functional groups attached to an aromatic ring is 1. The summed E-state index contributed by atoms with van der Waals surface area (Å²) in [6, 6.07) is 12.5. The van der Waals surface area contributed by atoms with Gasteiger partial charge in [0.25, 0.3) is 0 Å². The fourth-order valence-corrected chi connectivity index (χ4v) is 1.80. The number of hydrogen-bond donors (Lipinski definition) is 2. The highest BCUT2D eigenvalue weighted by Crippen LogP contribution is 2.32. The summed E-state index contributed by atoms with van der Waals surface area (Å²) in [4.78, 5) is 0. The number of anilines is 2. The summed E-state index contributed by atoms with van der Waals surface area (Å²) in [5.41, 5.74) is 6.42. The van der Waals surface area contributed by atoms with Crippen LogP contribution in [0.5, 0.6) is 0 Å². The fraction of sp³-hybridized carbons (Fsp3) is 0.143. The van der Waals surface area contributed by atoms with Crippen molar-refractivity contribution in [2.75, 3.05) is 11.1 Å². The van der Waals surface area contributed by atoms with Gasteiger partial charge in [-0.2, -0.15) is 13.2 Å². The molecule has 0 aliphatic heterocycles. The molecule has 0 amide bonds. The normalized spacial score (nSPS) is 11.3. The van der Waals surface area contributed by atoms with Crippen LogP contribution in [-0.4, -0.2) is 0 Å². The average Bonchev–Trinajstić information content (AvgIpc) is 2.37. The Balaban J connectivity index is 2.19. The lowest BCUT2D eigenvalue weighted by Crippen LogP contribution is -2.12. The smallest absolute Gasteiger partial charge is 0.397 e. The van der Waals surface area contributed by atoms with Gasteiger partial charge in [-0.15, -0.1) is 0 Å². The lowest BCUT2D eigenvalue weighted by atomic mass is 10.1. The predicted octanol–water partition coefficient (Wildman–Crippen LogP) is 3.90. The van der Waals surface area contributed by atoms with Crippen molar-refractivity contribution in [1.29, 1.82) is 0 Å². The Bertz CT molecular complexity index is 565. The number of nitrogens with two attached hydrogens (primary N) is 1. The Morgan fingerprint density at radius 1 is 0.947 bits per heavy atom. The molecule has 3 N–H and O–H groups in total. The average molecular weight is 266 g/mol. The standard InChI is InChI=1S/C14H13F3N2/c15-14(16,17)11-6-2-1-5-10(11)9-19-13-8-4-3-7-12(13)18/h1-8,19H,9,18H2. The number of hydrogen-bond acceptors (Lipinski definition) is 2. The Labute approximate surface area is 109 Å². The minimum Gasteiger partial charge on any atom is -0.397 e. The molecule has 0 unspecified atom stereocenters. The van der Waals surface area contributed by atoms with Gasteiger partial charge < -0.3 is 11.1 Å². The molecular weight excluding hydrogens is 253 g/mol. The van der Waals surface area contributed by atoms with E-state index in [1.807, 2.05) is 0 Å². The maximum absolute atomic E-state index is 12.8. The van der Waals surface area contributed by atoms with E-state index in [-0.39, 0.29) is 12.1 Å². The highest BCUT2D eigenvalue weighted by molar-refractivity contribution is 5.65. The van der Waals surface area contributed by atoms with Gasteiger partial charge in [-0.25, -0.2) is 0 Å². The van der Waals surface area contributed by atoms with E-state index in [0.717, 1.165) is 6.07 Å². The topological polar surface area (TPSA) is 38.0 Å². The minimum atomic E-state index is -4.35. The fourth-order valence-electron chi connectivity index (χ4n) is 1.80. The Hall–Kier alpha value is -2.17. The monoisotopic (exact) mass is 266 g/mol. The molecule has 0 bridgehead atoms. The second kappa shape index (κ2) is 5.22. The first-order chi connectivity index (χ1) is 8.98. The van der Waals surface area contributed by atoms with E-state index in [1.54, 1.807) is 30.3 Å².